The van der Waals surface area contributed by atoms with Gasteiger partial charge in [-0.2, -0.15) is 0 Å². The first kappa shape index (κ1) is 11.4. The number of ether oxygens (including phenoxy) is 1. The summed E-state index contributed by atoms with van der Waals surface area (Å²) in [6, 6.07) is 0.815. The van der Waals surface area contributed by atoms with E-state index in [1.807, 2.05) is 0 Å². The first-order chi connectivity index (χ1) is 5.60. The van der Waals surface area contributed by atoms with Gasteiger partial charge in [0.05, 0.1) is 40.2 Å². The van der Waals surface area contributed by atoms with E-state index in [-0.39, 0.29) is 24.0 Å². The summed E-state index contributed by atoms with van der Waals surface area (Å²) in [6.45, 7) is 1.52. The van der Waals surface area contributed by atoms with Crippen LogP contribution < -0.4 is 24.0 Å². The zero-order valence-electron chi connectivity index (χ0n) is 8.12. The van der Waals surface area contributed by atoms with E-state index in [0.29, 0.717) is 30.7 Å². The van der Waals surface area contributed by atoms with Gasteiger partial charge in [0.15, 0.2) is 0 Å². The molecule has 2 atom stereocenters. The molecule has 2 heterocycles. The molecule has 13 heavy (non-hydrogen) atoms. The van der Waals surface area contributed by atoms with Crippen LogP contribution in [0.5, 0.6) is 0 Å². The number of morpholine rings is 1. The first-order valence-electron chi connectivity index (χ1n) is 4.53. The maximum absolute atomic E-state index is 11.3. The number of ketones is 1. The molecular formula is C9H16INO2. The monoisotopic (exact) mass is 297 g/mol. The number of rotatable bonds is 0. The zero-order valence-corrected chi connectivity index (χ0v) is 10.3. The summed E-state index contributed by atoms with van der Waals surface area (Å²) in [7, 11) is 4.43. The van der Waals surface area contributed by atoms with Crippen molar-refractivity contribution in [2.45, 2.75) is 24.9 Å². The van der Waals surface area contributed by atoms with Crippen LogP contribution in [0, 0.1) is 0 Å². The molecule has 0 spiro atoms. The van der Waals surface area contributed by atoms with Gasteiger partial charge in [0, 0.05) is 0 Å². The number of quaternary nitrogens is 1. The predicted octanol–water partition coefficient (Wildman–Crippen LogP) is -2.80. The Labute approximate surface area is 96.0 Å². The van der Waals surface area contributed by atoms with Gasteiger partial charge in [0.2, 0.25) is 0 Å². The van der Waals surface area contributed by atoms with E-state index < -0.39 is 0 Å². The summed E-state index contributed by atoms with van der Waals surface area (Å²) >= 11 is 0. The Kier molecular flexibility index (Phi) is 3.35. The molecule has 4 heteroatoms. The Morgan fingerprint density at radius 1 is 1.23 bits per heavy atom. The van der Waals surface area contributed by atoms with E-state index in [1.54, 1.807) is 0 Å². The van der Waals surface area contributed by atoms with Gasteiger partial charge in [0.1, 0.15) is 17.9 Å². The smallest absolute Gasteiger partial charge is 0.144 e. The number of Topliss-reactive ketones (excluding diaryl/α,β-unsaturated/α-hetero) is 1. The Bertz CT molecular complexity index is 200. The maximum atomic E-state index is 11.3. The van der Waals surface area contributed by atoms with Crippen molar-refractivity contribution in [1.29, 1.82) is 0 Å². The minimum atomic E-state index is 0. The van der Waals surface area contributed by atoms with Crippen molar-refractivity contribution in [3.05, 3.63) is 0 Å². The molecule has 2 unspecified atom stereocenters. The summed E-state index contributed by atoms with van der Waals surface area (Å²) in [5.74, 6) is 0.422. The number of hydrogen-bond acceptors (Lipinski definition) is 2. The van der Waals surface area contributed by atoms with Crippen LogP contribution in [0.25, 0.3) is 0 Å². The van der Waals surface area contributed by atoms with Gasteiger partial charge >= 0.3 is 0 Å². The lowest BCUT2D eigenvalue weighted by atomic mass is 9.91. The number of halogens is 1. The highest BCUT2D eigenvalue weighted by Crippen LogP contribution is 2.29. The molecule has 2 fully saturated rings. The lowest BCUT2D eigenvalue weighted by Gasteiger charge is -2.49. The highest BCUT2D eigenvalue weighted by molar-refractivity contribution is 5.80. The zero-order chi connectivity index (χ0) is 8.77. The molecule has 3 nitrogen and oxygen atoms in total. The molecule has 2 saturated heterocycles. The molecule has 0 aliphatic carbocycles. The molecule has 2 aliphatic rings. The molecule has 0 amide bonds. The van der Waals surface area contributed by atoms with E-state index in [0.717, 1.165) is 17.7 Å². The first-order valence-corrected chi connectivity index (χ1v) is 4.53. The van der Waals surface area contributed by atoms with Crippen LogP contribution in [0.4, 0.5) is 0 Å². The third-order valence-electron chi connectivity index (χ3n) is 3.43. The number of carbonyl (C=O) groups is 1. The van der Waals surface area contributed by atoms with E-state index in [1.165, 1.54) is 0 Å². The molecule has 2 aliphatic heterocycles. The second-order valence-corrected chi connectivity index (χ2v) is 4.42. The van der Waals surface area contributed by atoms with Crippen molar-refractivity contribution < 1.29 is 38.0 Å². The Morgan fingerprint density at radius 2 is 1.69 bits per heavy atom. The second-order valence-electron chi connectivity index (χ2n) is 4.42. The van der Waals surface area contributed by atoms with Crippen LogP contribution >= 0.6 is 0 Å². The summed E-state index contributed by atoms with van der Waals surface area (Å²) in [5, 5.41) is 0. The second kappa shape index (κ2) is 3.82. The van der Waals surface area contributed by atoms with E-state index >= 15 is 0 Å². The highest BCUT2D eigenvalue weighted by Gasteiger charge is 2.46. The van der Waals surface area contributed by atoms with Crippen molar-refractivity contribution in [2.75, 3.05) is 27.3 Å². The molecule has 76 valence electrons. The standard InChI is InChI=1S/C9H16NO2.HI/c1-10(2)7-3-9(11)4-8(10)6-12-5-7;/h7-8H,3-6H2,1-2H3;1H/q+1;/p-1. The van der Waals surface area contributed by atoms with Gasteiger partial charge in [-0.3, -0.25) is 4.79 Å². The van der Waals surface area contributed by atoms with Crippen molar-refractivity contribution >= 4 is 5.78 Å². The number of carbonyl (C=O) groups excluding carboxylic acids is 1. The Morgan fingerprint density at radius 3 is 2.15 bits per heavy atom. The van der Waals surface area contributed by atoms with Crippen molar-refractivity contribution in [3.8, 4) is 0 Å². The third kappa shape index (κ3) is 1.89. The van der Waals surface area contributed by atoms with Crippen molar-refractivity contribution in [2.24, 2.45) is 0 Å². The maximum Gasteiger partial charge on any atom is 0.144 e. The van der Waals surface area contributed by atoms with Crippen molar-refractivity contribution in [1.82, 2.24) is 0 Å². The Balaban J connectivity index is 0.000000845. The average molecular weight is 297 g/mol. The number of nitrogens with zero attached hydrogens (tertiary/aromatic N) is 1. The molecule has 2 bridgehead atoms. The molecular weight excluding hydrogens is 281 g/mol. The lowest BCUT2D eigenvalue weighted by Crippen LogP contribution is -3.00. The largest absolute Gasteiger partial charge is 1.00 e. The SMILES string of the molecule is C[N+]1(C)C2COCC1CC(=O)C2.[I-]. The van der Waals surface area contributed by atoms with Crippen molar-refractivity contribution in [3.63, 3.8) is 0 Å². The van der Waals surface area contributed by atoms with Crippen LogP contribution in [0.2, 0.25) is 0 Å². The van der Waals surface area contributed by atoms with Gasteiger partial charge in [-0.05, 0) is 0 Å². The fourth-order valence-electron chi connectivity index (χ4n) is 2.22. The van der Waals surface area contributed by atoms with E-state index in [2.05, 4.69) is 14.1 Å². The van der Waals surface area contributed by atoms with Gasteiger partial charge < -0.3 is 33.2 Å². The predicted molar refractivity (Wildman–Crippen MR) is 44.7 cm³/mol. The molecule has 2 rings (SSSR count). The third-order valence-corrected chi connectivity index (χ3v) is 3.43. The van der Waals surface area contributed by atoms with Gasteiger partial charge in [-0.25, -0.2) is 0 Å². The fourth-order valence-corrected chi connectivity index (χ4v) is 2.22. The van der Waals surface area contributed by atoms with E-state index in [9.17, 15) is 4.79 Å². The summed E-state index contributed by atoms with van der Waals surface area (Å²) < 4.78 is 6.43. The number of hydrogen-bond donors (Lipinski definition) is 0. The molecule has 0 radical (unpaired) electrons. The molecule has 0 aromatic rings. The molecule has 0 N–H and O–H groups in total. The highest BCUT2D eigenvalue weighted by atomic mass is 127. The minimum Gasteiger partial charge on any atom is -1.00 e. The van der Waals surface area contributed by atoms with Crippen LogP contribution in [-0.4, -0.2) is 49.7 Å². The number of piperidine rings is 1. The van der Waals surface area contributed by atoms with Crippen LogP contribution in [0.15, 0.2) is 0 Å². The van der Waals surface area contributed by atoms with Crippen LogP contribution in [-0.2, 0) is 9.53 Å². The Hall–Kier alpha value is 0.320. The minimum absolute atomic E-state index is 0. The van der Waals surface area contributed by atoms with Gasteiger partial charge in [0.25, 0.3) is 0 Å². The summed E-state index contributed by atoms with van der Waals surface area (Å²) in [5.41, 5.74) is 0. The van der Waals surface area contributed by atoms with Crippen LogP contribution in [0.3, 0.4) is 0 Å². The normalized spacial score (nSPS) is 36.6. The fraction of sp³-hybridized carbons (Fsp3) is 0.889. The van der Waals surface area contributed by atoms with Gasteiger partial charge in [-0.15, -0.1) is 0 Å². The molecule has 0 aromatic heterocycles. The summed E-state index contributed by atoms with van der Waals surface area (Å²) in [4.78, 5) is 11.3. The van der Waals surface area contributed by atoms with Gasteiger partial charge in [-0.1, -0.05) is 0 Å². The topological polar surface area (TPSA) is 26.3 Å². The summed E-state index contributed by atoms with van der Waals surface area (Å²) in [6.07, 6.45) is 1.42. The molecule has 0 saturated carbocycles. The number of likely N-dealkylation sites (N-methyl/N-ethyl adjacent to an activating group) is 1. The molecule has 0 aromatic carbocycles. The average Bonchev–Trinajstić information content (AvgIpc) is 1.92. The lowest BCUT2D eigenvalue weighted by molar-refractivity contribution is -0.948. The number of fused-ring (bicyclic) bond motifs is 2. The quantitative estimate of drug-likeness (QED) is 0.357. The van der Waals surface area contributed by atoms with Crippen LogP contribution in [0.1, 0.15) is 12.8 Å². The van der Waals surface area contributed by atoms with E-state index in [4.69, 9.17) is 4.74 Å².